The van der Waals surface area contributed by atoms with Crippen LogP contribution in [0.2, 0.25) is 5.02 Å². The van der Waals surface area contributed by atoms with E-state index < -0.39 is 15.6 Å². The number of benzene rings is 1. The third-order valence-corrected chi connectivity index (χ3v) is 7.32. The summed E-state index contributed by atoms with van der Waals surface area (Å²) in [6.07, 6.45) is 6.39. The van der Waals surface area contributed by atoms with Gasteiger partial charge in [0.1, 0.15) is 11.2 Å². The maximum absolute atomic E-state index is 12.9. The summed E-state index contributed by atoms with van der Waals surface area (Å²) in [6, 6.07) is 6.17. The Balaban J connectivity index is 1.57. The van der Waals surface area contributed by atoms with Crippen molar-refractivity contribution >= 4 is 50.2 Å². The highest BCUT2D eigenvalue weighted by atomic mass is 35.5. The van der Waals surface area contributed by atoms with Gasteiger partial charge in [-0.1, -0.05) is 30.9 Å². The van der Waals surface area contributed by atoms with Crippen molar-refractivity contribution in [2.24, 2.45) is 5.14 Å². The van der Waals surface area contributed by atoms with E-state index in [1.165, 1.54) is 18.2 Å². The van der Waals surface area contributed by atoms with E-state index in [1.54, 1.807) is 6.20 Å². The Morgan fingerprint density at radius 3 is 2.68 bits per heavy atom. The summed E-state index contributed by atoms with van der Waals surface area (Å²) in [6.45, 7) is 0.459. The van der Waals surface area contributed by atoms with Gasteiger partial charge in [-0.05, 0) is 37.1 Å². The number of hydrogen-bond acceptors (Lipinski definition) is 6. The molecule has 0 atom stereocenters. The molecule has 11 heteroatoms. The van der Waals surface area contributed by atoms with Gasteiger partial charge in [0.05, 0.1) is 22.2 Å². The third-order valence-electron chi connectivity index (χ3n) is 6.09. The number of primary sulfonamides is 1. The number of nitrogens with one attached hydrogen (secondary N) is 2. The van der Waals surface area contributed by atoms with E-state index in [-0.39, 0.29) is 15.8 Å². The van der Waals surface area contributed by atoms with Crippen LogP contribution in [0, 0.1) is 0 Å². The highest BCUT2D eigenvalue weighted by molar-refractivity contribution is 7.89. The van der Waals surface area contributed by atoms with Crippen LogP contribution >= 0.6 is 11.6 Å². The Morgan fingerprint density at radius 2 is 1.97 bits per heavy atom. The predicted molar refractivity (Wildman–Crippen MR) is 117 cm³/mol. The molecule has 0 bridgehead atoms. The van der Waals surface area contributed by atoms with E-state index in [1.807, 2.05) is 6.07 Å². The maximum Gasteiger partial charge on any atom is 0.246 e. The number of amides is 1. The molecule has 4 N–H and O–H groups in total. The molecule has 3 heterocycles. The van der Waals surface area contributed by atoms with Gasteiger partial charge in [0.25, 0.3) is 0 Å². The normalized spacial score (nSPS) is 18.1. The molecule has 9 nitrogen and oxygen atoms in total. The van der Waals surface area contributed by atoms with Crippen LogP contribution in [0.3, 0.4) is 0 Å². The van der Waals surface area contributed by atoms with Crippen molar-refractivity contribution in [1.82, 2.24) is 19.9 Å². The minimum Gasteiger partial charge on any atom is -0.348 e. The molecular weight excluding hydrogens is 440 g/mol. The van der Waals surface area contributed by atoms with Gasteiger partial charge in [0.2, 0.25) is 21.9 Å². The first-order valence-electron chi connectivity index (χ1n) is 10.0. The zero-order chi connectivity index (χ0) is 21.8. The second-order valence-corrected chi connectivity index (χ2v) is 10.00. The highest BCUT2D eigenvalue weighted by Gasteiger charge is 2.45. The molecule has 1 fully saturated rings. The maximum atomic E-state index is 12.9. The number of nitrogens with two attached hydrogens (primary N) is 1. The number of rotatable bonds is 3. The van der Waals surface area contributed by atoms with Crippen LogP contribution in [-0.4, -0.2) is 28.9 Å². The van der Waals surface area contributed by atoms with Gasteiger partial charge >= 0.3 is 0 Å². The number of fused-ring (bicyclic) bond motifs is 4. The van der Waals surface area contributed by atoms with Gasteiger partial charge in [-0.25, -0.2) is 18.5 Å². The van der Waals surface area contributed by atoms with Gasteiger partial charge in [-0.15, -0.1) is 0 Å². The Bertz CT molecular complexity index is 1310. The lowest BCUT2D eigenvalue weighted by molar-refractivity contribution is -0.133. The Kier molecular flexibility index (Phi) is 4.68. The molecule has 162 valence electrons. The number of sulfonamides is 1. The second-order valence-electron chi connectivity index (χ2n) is 8.03. The molecule has 5 rings (SSSR count). The largest absolute Gasteiger partial charge is 0.348 e. The minimum atomic E-state index is -3.85. The molecule has 0 unspecified atom stereocenters. The number of nitrogens with zero attached hydrogens (tertiary/aromatic N) is 3. The fraction of sp³-hybridized carbons (Fsp3) is 0.350. The summed E-state index contributed by atoms with van der Waals surface area (Å²) < 4.78 is 25.1. The summed E-state index contributed by atoms with van der Waals surface area (Å²) in [5.74, 6) is 0.350. The van der Waals surface area contributed by atoms with Crippen LogP contribution in [0.4, 0.5) is 11.6 Å². The molecule has 2 aromatic heterocycles. The number of halogens is 1. The first-order chi connectivity index (χ1) is 14.8. The first-order valence-corrected chi connectivity index (χ1v) is 12.0. The van der Waals surface area contributed by atoms with E-state index in [0.29, 0.717) is 23.8 Å². The van der Waals surface area contributed by atoms with Crippen LogP contribution in [0.1, 0.15) is 37.8 Å². The molecule has 1 aliphatic carbocycles. The topological polar surface area (TPSA) is 132 Å². The lowest BCUT2D eigenvalue weighted by Gasteiger charge is -2.41. The Labute approximate surface area is 184 Å². The molecule has 31 heavy (non-hydrogen) atoms. The van der Waals surface area contributed by atoms with Crippen LogP contribution < -0.4 is 15.8 Å². The molecule has 1 spiro atoms. The summed E-state index contributed by atoms with van der Waals surface area (Å²) in [7, 11) is -3.85. The quantitative estimate of drug-likeness (QED) is 0.550. The molecule has 3 aromatic rings. The summed E-state index contributed by atoms with van der Waals surface area (Å²) >= 11 is 6.24. The molecule has 2 aliphatic rings. The second kappa shape index (κ2) is 7.18. The zero-order valence-corrected chi connectivity index (χ0v) is 18.1. The van der Waals surface area contributed by atoms with Crippen LogP contribution in [0.25, 0.3) is 11.0 Å². The predicted octanol–water partition coefficient (Wildman–Crippen LogP) is 2.76. The van der Waals surface area contributed by atoms with Crippen LogP contribution in [-0.2, 0) is 26.9 Å². The number of carbonyl (C=O) groups excluding carboxylic acids is 1. The minimum absolute atomic E-state index is 0.0481. The summed E-state index contributed by atoms with van der Waals surface area (Å²) in [4.78, 5) is 21.9. The summed E-state index contributed by atoms with van der Waals surface area (Å²) in [5.41, 5.74) is 1.54. The van der Waals surface area contributed by atoms with Crippen molar-refractivity contribution in [3.05, 3.63) is 41.2 Å². The van der Waals surface area contributed by atoms with Crippen LogP contribution in [0.5, 0.6) is 0 Å². The molecule has 1 aromatic carbocycles. The lowest BCUT2D eigenvalue weighted by atomic mass is 9.79. The fourth-order valence-corrected chi connectivity index (χ4v) is 5.46. The van der Waals surface area contributed by atoms with Crippen molar-refractivity contribution in [1.29, 1.82) is 0 Å². The van der Waals surface area contributed by atoms with Crippen molar-refractivity contribution in [2.75, 3.05) is 5.32 Å². The van der Waals surface area contributed by atoms with Gasteiger partial charge in [0, 0.05) is 17.3 Å². The smallest absolute Gasteiger partial charge is 0.246 e. The fourth-order valence-electron chi connectivity index (χ4n) is 4.63. The summed E-state index contributed by atoms with van der Waals surface area (Å²) in [5, 5.41) is 12.3. The Morgan fingerprint density at radius 1 is 1.19 bits per heavy atom. The van der Waals surface area contributed by atoms with E-state index >= 15 is 0 Å². The highest BCUT2D eigenvalue weighted by Crippen LogP contribution is 2.41. The standard InChI is InChI=1S/C20H21ClN6O3S/c21-15-9-14(31(22,29)30)4-5-16(15)25-19-24-10-12-8-13-11-23-18(28)20(6-2-1-3-7-20)27(13)17(12)26-19/h4-5,8-10H,1-3,6-7,11H2,(H,23,28)(H2,22,29,30)(H,24,25,26). The third kappa shape index (κ3) is 3.35. The number of aromatic nitrogens is 3. The van der Waals surface area contributed by atoms with Crippen molar-refractivity contribution in [3.8, 4) is 0 Å². The van der Waals surface area contributed by atoms with Gasteiger partial charge in [-0.3, -0.25) is 4.79 Å². The SMILES string of the molecule is NS(=O)(=O)c1ccc(Nc2ncc3cc4n(c3n2)C2(CCCCC2)C(=O)NC4)c(Cl)c1. The van der Waals surface area contributed by atoms with E-state index in [2.05, 4.69) is 20.2 Å². The Hall–Kier alpha value is -2.69. The van der Waals surface area contributed by atoms with E-state index in [9.17, 15) is 13.2 Å². The van der Waals surface area contributed by atoms with E-state index in [4.69, 9.17) is 21.7 Å². The zero-order valence-electron chi connectivity index (χ0n) is 16.6. The number of anilines is 2. The number of hydrogen-bond donors (Lipinski definition) is 3. The van der Waals surface area contributed by atoms with E-state index in [0.717, 1.165) is 43.2 Å². The first kappa shape index (κ1) is 20.2. The molecular formula is C20H21ClN6O3S. The van der Waals surface area contributed by atoms with Gasteiger partial charge < -0.3 is 15.2 Å². The number of carbonyl (C=O) groups is 1. The molecule has 0 radical (unpaired) electrons. The molecule has 1 saturated carbocycles. The van der Waals surface area contributed by atoms with Crippen molar-refractivity contribution in [2.45, 2.75) is 49.1 Å². The van der Waals surface area contributed by atoms with Gasteiger partial charge in [-0.2, -0.15) is 4.98 Å². The average Bonchev–Trinajstić information content (AvgIpc) is 3.11. The monoisotopic (exact) mass is 460 g/mol. The lowest BCUT2D eigenvalue weighted by Crippen LogP contribution is -2.54. The average molecular weight is 461 g/mol. The van der Waals surface area contributed by atoms with Crippen molar-refractivity contribution in [3.63, 3.8) is 0 Å². The van der Waals surface area contributed by atoms with Crippen LogP contribution in [0.15, 0.2) is 35.4 Å². The van der Waals surface area contributed by atoms with Crippen molar-refractivity contribution < 1.29 is 13.2 Å². The molecule has 1 amide bonds. The molecule has 1 aliphatic heterocycles. The van der Waals surface area contributed by atoms with Gasteiger partial charge in [0.15, 0.2) is 0 Å². The molecule has 0 saturated heterocycles.